The number of hydrogen-bond donors (Lipinski definition) is 2. The summed E-state index contributed by atoms with van der Waals surface area (Å²) in [6, 6.07) is 34.0. The van der Waals surface area contributed by atoms with E-state index in [1.165, 1.54) is 16.7 Å². The van der Waals surface area contributed by atoms with Crippen LogP contribution in [0.4, 0.5) is 0 Å². The summed E-state index contributed by atoms with van der Waals surface area (Å²) in [6.45, 7) is 7.15. The van der Waals surface area contributed by atoms with Gasteiger partial charge in [0.2, 0.25) is 0 Å². The molecule has 4 aromatic rings. The molecule has 0 aliphatic rings. The summed E-state index contributed by atoms with van der Waals surface area (Å²) in [4.78, 5) is 0. The second-order valence-corrected chi connectivity index (χ2v) is 9.81. The van der Waals surface area contributed by atoms with Gasteiger partial charge in [-0.3, -0.25) is 0 Å². The molecule has 7 heteroatoms. The number of ether oxygens (including phenoxy) is 1. The molecule has 4 N–H and O–H groups in total. The summed E-state index contributed by atoms with van der Waals surface area (Å²) in [5, 5.41) is 0. The van der Waals surface area contributed by atoms with Crippen molar-refractivity contribution >= 4 is 30.2 Å². The number of nitrogens with two attached hydrogens (primary N) is 2. The molecule has 0 aromatic heterocycles. The molecule has 0 spiro atoms. The quantitative estimate of drug-likeness (QED) is 0.250. The van der Waals surface area contributed by atoms with Gasteiger partial charge in [-0.15, -0.1) is 0 Å². The predicted molar refractivity (Wildman–Crippen MR) is 164 cm³/mol. The van der Waals surface area contributed by atoms with Crippen molar-refractivity contribution in [3.05, 3.63) is 114 Å². The molecule has 39 heavy (non-hydrogen) atoms. The highest BCUT2D eigenvalue weighted by Gasteiger charge is 2.21. The first-order valence-electron chi connectivity index (χ1n) is 13.6. The largest absolute Gasteiger partial charge is 0.430 e. The minimum absolute atomic E-state index is 0.0332. The van der Waals surface area contributed by atoms with Crippen LogP contribution in [-0.2, 0) is 27.3 Å². The highest BCUT2D eigenvalue weighted by atomic mass is 16.5. The predicted octanol–water partition coefficient (Wildman–Crippen LogP) is 3.26. The van der Waals surface area contributed by atoms with Crippen LogP contribution in [0.1, 0.15) is 16.7 Å². The molecular weight excluding hydrogens is 482 g/mol. The Morgan fingerprint density at radius 1 is 0.564 bits per heavy atom. The van der Waals surface area contributed by atoms with Crippen LogP contribution in [0, 0.1) is 6.92 Å². The Labute approximate surface area is 233 Å². The minimum Gasteiger partial charge on any atom is -0.430 e. The van der Waals surface area contributed by atoms with Crippen LogP contribution in [0.15, 0.2) is 97.1 Å². The van der Waals surface area contributed by atoms with Gasteiger partial charge in [0.15, 0.2) is 0 Å². The third-order valence-electron chi connectivity index (χ3n) is 6.76. The topological polar surface area (TPSA) is 79.7 Å². The lowest BCUT2D eigenvalue weighted by atomic mass is 9.55. The van der Waals surface area contributed by atoms with Crippen LogP contribution in [0.2, 0.25) is 6.82 Å². The molecule has 0 unspecified atom stereocenters. The maximum Gasteiger partial charge on any atom is 0.361 e. The Balaban J connectivity index is 1.35. The molecule has 0 aliphatic carbocycles. The zero-order chi connectivity index (χ0) is 27.5. The van der Waals surface area contributed by atoms with E-state index >= 15 is 0 Å². The number of hydrogen-bond acceptors (Lipinski definition) is 5. The van der Waals surface area contributed by atoms with Crippen LogP contribution < -0.4 is 27.9 Å². The van der Waals surface area contributed by atoms with E-state index in [9.17, 15) is 0 Å². The van der Waals surface area contributed by atoms with Crippen LogP contribution >= 0.6 is 0 Å². The average molecular weight is 520 g/mol. The van der Waals surface area contributed by atoms with Crippen molar-refractivity contribution in [3.8, 4) is 11.1 Å². The summed E-state index contributed by atoms with van der Waals surface area (Å²) in [6.07, 6.45) is 0. The van der Waals surface area contributed by atoms with Crippen molar-refractivity contribution < 1.29 is 14.0 Å². The molecule has 0 bridgehead atoms. The smallest absolute Gasteiger partial charge is 0.361 e. The third kappa shape index (κ3) is 8.40. The maximum absolute atomic E-state index is 6.18. The molecule has 0 heterocycles. The van der Waals surface area contributed by atoms with Gasteiger partial charge in [-0.2, -0.15) is 0 Å². The minimum atomic E-state index is -0.176. The fraction of sp³-hybridized carbons (Fsp3) is 0.250. The molecule has 5 nitrogen and oxygen atoms in total. The molecule has 0 atom stereocenters. The monoisotopic (exact) mass is 520 g/mol. The molecule has 4 rings (SSSR count). The first-order valence-corrected chi connectivity index (χ1v) is 13.6. The summed E-state index contributed by atoms with van der Waals surface area (Å²) in [5.41, 5.74) is 20.5. The van der Waals surface area contributed by atoms with Crippen molar-refractivity contribution in [3.63, 3.8) is 0 Å². The van der Waals surface area contributed by atoms with Crippen molar-refractivity contribution in [1.82, 2.24) is 0 Å². The van der Waals surface area contributed by atoms with E-state index in [2.05, 4.69) is 104 Å². The molecular formula is C32H38B2N2O3. The van der Waals surface area contributed by atoms with E-state index in [1.807, 2.05) is 6.82 Å². The summed E-state index contributed by atoms with van der Waals surface area (Å²) >= 11 is 0. The average Bonchev–Trinajstić information content (AvgIpc) is 2.98. The Kier molecular flexibility index (Phi) is 11.0. The lowest BCUT2D eigenvalue weighted by Crippen LogP contribution is -2.45. The Morgan fingerprint density at radius 3 is 1.51 bits per heavy atom. The number of aryl methyl sites for hydroxylation is 1. The lowest BCUT2D eigenvalue weighted by molar-refractivity contribution is 0.107. The van der Waals surface area contributed by atoms with E-state index in [0.29, 0.717) is 39.5 Å². The fourth-order valence-corrected chi connectivity index (χ4v) is 4.47. The highest BCUT2D eigenvalue weighted by molar-refractivity contribution is 6.80. The van der Waals surface area contributed by atoms with E-state index in [1.54, 1.807) is 0 Å². The fourth-order valence-electron chi connectivity index (χ4n) is 4.47. The second kappa shape index (κ2) is 14.8. The van der Waals surface area contributed by atoms with Gasteiger partial charge in [-0.05, 0) is 45.6 Å². The first kappa shape index (κ1) is 28.8. The van der Waals surface area contributed by atoms with E-state index in [-0.39, 0.29) is 13.8 Å². The summed E-state index contributed by atoms with van der Waals surface area (Å²) < 4.78 is 17.9. The van der Waals surface area contributed by atoms with Crippen molar-refractivity contribution in [1.29, 1.82) is 0 Å². The second-order valence-electron chi connectivity index (χ2n) is 9.81. The Hall–Kier alpha value is -3.19. The molecule has 0 radical (unpaired) electrons. The number of benzene rings is 4. The van der Waals surface area contributed by atoms with Gasteiger partial charge in [0.25, 0.3) is 0 Å². The van der Waals surface area contributed by atoms with E-state index in [4.69, 9.17) is 25.5 Å². The van der Waals surface area contributed by atoms with Crippen LogP contribution in [0.5, 0.6) is 0 Å². The van der Waals surface area contributed by atoms with Crippen molar-refractivity contribution in [2.45, 2.75) is 27.0 Å². The molecule has 0 aliphatic heterocycles. The van der Waals surface area contributed by atoms with E-state index in [0.717, 1.165) is 27.5 Å². The first-order chi connectivity index (χ1) is 19.1. The third-order valence-corrected chi connectivity index (χ3v) is 6.76. The standard InChI is InChI=1S/C32H38B2N2O3/c1-25-3-9-28(10-4-25)29-11-17-32(18-12-29)34(39-22-20-36)31-15-7-27(8-16-31)24-37-23-26-5-13-30(14-6-26)33(2)38-21-19-35/h3-18H,19-24,35-36H2,1-2H3. The Morgan fingerprint density at radius 2 is 1.00 bits per heavy atom. The van der Waals surface area contributed by atoms with Gasteiger partial charge in [-0.25, -0.2) is 0 Å². The van der Waals surface area contributed by atoms with Gasteiger partial charge in [-0.1, -0.05) is 109 Å². The van der Waals surface area contributed by atoms with Crippen LogP contribution in [0.25, 0.3) is 11.1 Å². The van der Waals surface area contributed by atoms with Crippen LogP contribution in [0.3, 0.4) is 0 Å². The molecule has 0 fully saturated rings. The lowest BCUT2D eigenvalue weighted by Gasteiger charge is -2.16. The summed E-state index contributed by atoms with van der Waals surface area (Å²) in [5.74, 6) is 0. The van der Waals surface area contributed by atoms with Gasteiger partial charge in [0.1, 0.15) is 0 Å². The SMILES string of the molecule is CB(OCCN)c1ccc(COCc2ccc(B(OCCN)c3ccc(-c4ccc(C)cc4)cc3)cc2)cc1. The molecule has 0 saturated heterocycles. The van der Waals surface area contributed by atoms with E-state index < -0.39 is 0 Å². The van der Waals surface area contributed by atoms with Crippen LogP contribution in [-0.4, -0.2) is 40.1 Å². The highest BCUT2D eigenvalue weighted by Crippen LogP contribution is 2.19. The van der Waals surface area contributed by atoms with Gasteiger partial charge in [0.05, 0.1) is 13.2 Å². The molecule has 0 amide bonds. The van der Waals surface area contributed by atoms with Crippen molar-refractivity contribution in [2.24, 2.45) is 11.5 Å². The molecule has 200 valence electrons. The van der Waals surface area contributed by atoms with Gasteiger partial charge < -0.3 is 25.5 Å². The molecule has 0 saturated carbocycles. The summed E-state index contributed by atoms with van der Waals surface area (Å²) in [7, 11) is 0. The zero-order valence-corrected chi connectivity index (χ0v) is 23.0. The Bertz CT molecular complexity index is 1270. The number of rotatable bonds is 14. The maximum atomic E-state index is 6.18. The normalized spacial score (nSPS) is 11.0. The van der Waals surface area contributed by atoms with Gasteiger partial charge in [0, 0.05) is 26.3 Å². The molecule has 4 aromatic carbocycles. The zero-order valence-electron chi connectivity index (χ0n) is 23.0. The van der Waals surface area contributed by atoms with Crippen molar-refractivity contribution in [2.75, 3.05) is 26.3 Å². The van der Waals surface area contributed by atoms with Gasteiger partial charge >= 0.3 is 13.8 Å².